The molecule has 12 heavy (non-hydrogen) atoms. The Bertz CT molecular complexity index is 98.5. The van der Waals surface area contributed by atoms with E-state index in [0.29, 0.717) is 12.6 Å². The summed E-state index contributed by atoms with van der Waals surface area (Å²) in [6.45, 7) is 6.92. The second-order valence-electron chi connectivity index (χ2n) is 3.03. The molecular formula is C9H21NOS. The van der Waals surface area contributed by atoms with E-state index in [0.717, 1.165) is 12.2 Å². The molecule has 0 saturated carbocycles. The summed E-state index contributed by atoms with van der Waals surface area (Å²) in [5.41, 5.74) is 5.57. The zero-order chi connectivity index (χ0) is 9.40. The molecule has 0 spiro atoms. The highest BCUT2D eigenvalue weighted by atomic mass is 32.2. The van der Waals surface area contributed by atoms with Crippen molar-refractivity contribution in [3.63, 3.8) is 0 Å². The number of ether oxygens (including phenoxy) is 1. The van der Waals surface area contributed by atoms with Crippen LogP contribution in [-0.2, 0) is 4.74 Å². The van der Waals surface area contributed by atoms with E-state index in [1.54, 1.807) is 0 Å². The molecule has 0 aromatic rings. The Kier molecular flexibility index (Phi) is 8.07. The lowest BCUT2D eigenvalue weighted by Gasteiger charge is -2.18. The number of nitrogens with two attached hydrogens (primary N) is 1. The Morgan fingerprint density at radius 3 is 2.50 bits per heavy atom. The number of hydrogen-bond donors (Lipinski definition) is 1. The molecule has 0 aliphatic rings. The molecule has 0 radical (unpaired) electrons. The minimum atomic E-state index is 0.254. The van der Waals surface area contributed by atoms with Crippen molar-refractivity contribution in [2.24, 2.45) is 5.73 Å². The molecule has 0 amide bonds. The van der Waals surface area contributed by atoms with Gasteiger partial charge in [-0.05, 0) is 31.8 Å². The SMILES string of the molecule is CCSCCC(CN)OC(C)C. The van der Waals surface area contributed by atoms with Crippen LogP contribution in [-0.4, -0.2) is 30.3 Å². The monoisotopic (exact) mass is 191 g/mol. The van der Waals surface area contributed by atoms with Gasteiger partial charge in [0.25, 0.3) is 0 Å². The van der Waals surface area contributed by atoms with Gasteiger partial charge in [0.05, 0.1) is 12.2 Å². The smallest absolute Gasteiger partial charge is 0.0708 e. The maximum atomic E-state index is 5.61. The van der Waals surface area contributed by atoms with Crippen LogP contribution in [0.15, 0.2) is 0 Å². The van der Waals surface area contributed by atoms with Gasteiger partial charge in [0.2, 0.25) is 0 Å². The van der Waals surface area contributed by atoms with Gasteiger partial charge in [-0.15, -0.1) is 0 Å². The van der Waals surface area contributed by atoms with Gasteiger partial charge in [-0.1, -0.05) is 6.92 Å². The topological polar surface area (TPSA) is 35.2 Å². The van der Waals surface area contributed by atoms with Gasteiger partial charge in [0, 0.05) is 6.54 Å². The molecule has 0 heterocycles. The van der Waals surface area contributed by atoms with Crippen LogP contribution >= 0.6 is 11.8 Å². The predicted octanol–water partition coefficient (Wildman–Crippen LogP) is 1.88. The molecular weight excluding hydrogens is 170 g/mol. The Hall–Kier alpha value is 0.270. The Balaban J connectivity index is 3.39. The molecule has 0 rings (SSSR count). The molecule has 0 aliphatic carbocycles. The molecule has 0 bridgehead atoms. The van der Waals surface area contributed by atoms with E-state index in [2.05, 4.69) is 20.8 Å². The summed E-state index contributed by atoms with van der Waals surface area (Å²) in [6.07, 6.45) is 1.63. The quantitative estimate of drug-likeness (QED) is 0.624. The summed E-state index contributed by atoms with van der Waals surface area (Å²) in [4.78, 5) is 0. The van der Waals surface area contributed by atoms with Crippen molar-refractivity contribution in [2.45, 2.75) is 39.4 Å². The first-order chi connectivity index (χ1) is 5.70. The van der Waals surface area contributed by atoms with E-state index in [-0.39, 0.29) is 6.10 Å². The fourth-order valence-electron chi connectivity index (χ4n) is 0.985. The number of thioether (sulfide) groups is 1. The molecule has 0 fully saturated rings. The van der Waals surface area contributed by atoms with Crippen molar-refractivity contribution in [3.05, 3.63) is 0 Å². The highest BCUT2D eigenvalue weighted by molar-refractivity contribution is 7.99. The lowest BCUT2D eigenvalue weighted by atomic mass is 10.3. The molecule has 1 atom stereocenters. The fourth-order valence-corrected chi connectivity index (χ4v) is 1.70. The highest BCUT2D eigenvalue weighted by Crippen LogP contribution is 2.07. The first-order valence-electron chi connectivity index (χ1n) is 4.64. The van der Waals surface area contributed by atoms with Gasteiger partial charge in [0.15, 0.2) is 0 Å². The summed E-state index contributed by atoms with van der Waals surface area (Å²) in [5.74, 6) is 2.34. The van der Waals surface area contributed by atoms with Crippen LogP contribution in [0.25, 0.3) is 0 Å². The summed E-state index contributed by atoms with van der Waals surface area (Å²) in [7, 11) is 0. The van der Waals surface area contributed by atoms with Crippen LogP contribution < -0.4 is 5.73 Å². The molecule has 0 saturated heterocycles. The largest absolute Gasteiger partial charge is 0.374 e. The number of hydrogen-bond acceptors (Lipinski definition) is 3. The molecule has 74 valence electrons. The van der Waals surface area contributed by atoms with Gasteiger partial charge in [-0.3, -0.25) is 0 Å². The van der Waals surface area contributed by atoms with Crippen molar-refractivity contribution in [1.29, 1.82) is 0 Å². The van der Waals surface area contributed by atoms with Gasteiger partial charge < -0.3 is 10.5 Å². The van der Waals surface area contributed by atoms with Gasteiger partial charge in [0.1, 0.15) is 0 Å². The van der Waals surface area contributed by atoms with E-state index in [1.807, 2.05) is 11.8 Å². The van der Waals surface area contributed by atoms with Crippen LogP contribution in [0.4, 0.5) is 0 Å². The summed E-state index contributed by atoms with van der Waals surface area (Å²) < 4.78 is 5.61. The Morgan fingerprint density at radius 2 is 2.08 bits per heavy atom. The van der Waals surface area contributed by atoms with Crippen LogP contribution in [0.3, 0.4) is 0 Å². The minimum absolute atomic E-state index is 0.254. The second-order valence-corrected chi connectivity index (χ2v) is 4.42. The second kappa shape index (κ2) is 7.90. The molecule has 0 aliphatic heterocycles. The lowest BCUT2D eigenvalue weighted by Crippen LogP contribution is -2.27. The molecule has 0 aromatic carbocycles. The van der Waals surface area contributed by atoms with Crippen LogP contribution in [0.1, 0.15) is 27.2 Å². The van der Waals surface area contributed by atoms with E-state index in [1.165, 1.54) is 5.75 Å². The first-order valence-corrected chi connectivity index (χ1v) is 5.79. The highest BCUT2D eigenvalue weighted by Gasteiger charge is 2.07. The van der Waals surface area contributed by atoms with Crippen LogP contribution in [0, 0.1) is 0 Å². The molecule has 0 aromatic heterocycles. The van der Waals surface area contributed by atoms with Crippen molar-refractivity contribution < 1.29 is 4.74 Å². The van der Waals surface area contributed by atoms with E-state index < -0.39 is 0 Å². The Labute approximate surface area is 80.2 Å². The van der Waals surface area contributed by atoms with E-state index in [4.69, 9.17) is 10.5 Å². The van der Waals surface area contributed by atoms with Gasteiger partial charge in [-0.2, -0.15) is 11.8 Å². The third-order valence-corrected chi connectivity index (χ3v) is 2.45. The maximum Gasteiger partial charge on any atom is 0.0708 e. The molecule has 3 heteroatoms. The zero-order valence-corrected chi connectivity index (χ0v) is 9.19. The third kappa shape index (κ3) is 6.95. The Morgan fingerprint density at radius 1 is 1.42 bits per heavy atom. The zero-order valence-electron chi connectivity index (χ0n) is 8.38. The van der Waals surface area contributed by atoms with Gasteiger partial charge in [-0.25, -0.2) is 0 Å². The van der Waals surface area contributed by atoms with Crippen molar-refractivity contribution in [1.82, 2.24) is 0 Å². The average Bonchev–Trinajstić information content (AvgIpc) is 2.02. The van der Waals surface area contributed by atoms with Crippen LogP contribution in [0.5, 0.6) is 0 Å². The molecule has 2 nitrogen and oxygen atoms in total. The lowest BCUT2D eigenvalue weighted by molar-refractivity contribution is 0.0121. The average molecular weight is 191 g/mol. The summed E-state index contributed by atoms with van der Waals surface area (Å²) >= 11 is 1.94. The fraction of sp³-hybridized carbons (Fsp3) is 1.00. The van der Waals surface area contributed by atoms with Crippen molar-refractivity contribution >= 4 is 11.8 Å². The maximum absolute atomic E-state index is 5.61. The third-order valence-electron chi connectivity index (χ3n) is 1.52. The summed E-state index contributed by atoms with van der Waals surface area (Å²) in [5, 5.41) is 0. The normalized spacial score (nSPS) is 13.8. The summed E-state index contributed by atoms with van der Waals surface area (Å²) in [6, 6.07) is 0. The standard InChI is InChI=1S/C9H21NOS/c1-4-12-6-5-9(7-10)11-8(2)3/h8-9H,4-7,10H2,1-3H3. The minimum Gasteiger partial charge on any atom is -0.374 e. The first kappa shape index (κ1) is 12.3. The van der Waals surface area contributed by atoms with E-state index in [9.17, 15) is 0 Å². The molecule has 1 unspecified atom stereocenters. The predicted molar refractivity (Wildman–Crippen MR) is 56.7 cm³/mol. The molecule has 2 N–H and O–H groups in total. The van der Waals surface area contributed by atoms with E-state index >= 15 is 0 Å². The van der Waals surface area contributed by atoms with Crippen molar-refractivity contribution in [2.75, 3.05) is 18.1 Å². The van der Waals surface area contributed by atoms with Gasteiger partial charge >= 0.3 is 0 Å². The van der Waals surface area contributed by atoms with Crippen LogP contribution in [0.2, 0.25) is 0 Å². The van der Waals surface area contributed by atoms with Crippen molar-refractivity contribution in [3.8, 4) is 0 Å². The number of rotatable bonds is 7.